The summed E-state index contributed by atoms with van der Waals surface area (Å²) >= 11 is 0. The maximum atomic E-state index is 5.87. The second kappa shape index (κ2) is 9.40. The number of anilines is 1. The van der Waals surface area contributed by atoms with Crippen LogP contribution in [0.1, 0.15) is 44.4 Å². The molecule has 0 radical (unpaired) electrons. The second-order valence-corrected chi connectivity index (χ2v) is 9.06. The third-order valence-electron chi connectivity index (χ3n) is 6.55. The molecule has 162 valence electrons. The average molecular weight is 410 g/mol. The van der Waals surface area contributed by atoms with Crippen molar-refractivity contribution in [1.82, 2.24) is 19.9 Å². The zero-order valence-corrected chi connectivity index (χ0v) is 18.8. The molecule has 2 aromatic heterocycles. The van der Waals surface area contributed by atoms with Gasteiger partial charge in [-0.15, -0.1) is 0 Å². The molecule has 0 aliphatic carbocycles. The van der Waals surface area contributed by atoms with Gasteiger partial charge in [-0.25, -0.2) is 9.97 Å². The van der Waals surface area contributed by atoms with Crippen molar-refractivity contribution in [3.63, 3.8) is 0 Å². The Bertz CT molecular complexity index is 825. The zero-order chi connectivity index (χ0) is 21.1. The summed E-state index contributed by atoms with van der Waals surface area (Å²) in [5, 5.41) is 0. The van der Waals surface area contributed by atoms with E-state index >= 15 is 0 Å². The molecule has 2 aliphatic rings. The molecule has 0 saturated carbocycles. The van der Waals surface area contributed by atoms with E-state index in [2.05, 4.69) is 42.5 Å². The Morgan fingerprint density at radius 1 is 1.07 bits per heavy atom. The van der Waals surface area contributed by atoms with E-state index in [1.165, 1.54) is 31.4 Å². The molecule has 0 spiro atoms. The summed E-state index contributed by atoms with van der Waals surface area (Å²) in [5.74, 6) is 2.67. The van der Waals surface area contributed by atoms with Crippen LogP contribution >= 0.6 is 0 Å². The SMILES string of the molecule is Cc1nc(-c2cccnc2)nc(N2CCC(CCN3CC(C)OC(C)C3)CC2)c1C. The highest BCUT2D eigenvalue weighted by Crippen LogP contribution is 2.29. The lowest BCUT2D eigenvalue weighted by Crippen LogP contribution is -2.46. The van der Waals surface area contributed by atoms with Crippen molar-refractivity contribution in [1.29, 1.82) is 0 Å². The summed E-state index contributed by atoms with van der Waals surface area (Å²) in [4.78, 5) is 18.9. The van der Waals surface area contributed by atoms with Gasteiger partial charge in [0.15, 0.2) is 5.82 Å². The minimum Gasteiger partial charge on any atom is -0.373 e. The smallest absolute Gasteiger partial charge is 0.163 e. The Kier molecular flexibility index (Phi) is 6.64. The van der Waals surface area contributed by atoms with Crippen molar-refractivity contribution in [3.05, 3.63) is 35.8 Å². The maximum absolute atomic E-state index is 5.87. The molecule has 2 fully saturated rings. The number of morpholine rings is 1. The molecule has 30 heavy (non-hydrogen) atoms. The Morgan fingerprint density at radius 2 is 1.80 bits per heavy atom. The van der Waals surface area contributed by atoms with E-state index in [-0.39, 0.29) is 0 Å². The number of hydrogen-bond donors (Lipinski definition) is 0. The molecule has 2 aliphatic heterocycles. The van der Waals surface area contributed by atoms with Gasteiger partial charge in [0.25, 0.3) is 0 Å². The van der Waals surface area contributed by atoms with E-state index < -0.39 is 0 Å². The fourth-order valence-electron chi connectivity index (χ4n) is 4.81. The Labute approximate surface area is 180 Å². The predicted octanol–water partition coefficient (Wildman–Crippen LogP) is 3.87. The quantitative estimate of drug-likeness (QED) is 0.747. The summed E-state index contributed by atoms with van der Waals surface area (Å²) in [6, 6.07) is 3.97. The number of aryl methyl sites for hydroxylation is 1. The number of nitrogens with zero attached hydrogens (tertiary/aromatic N) is 5. The van der Waals surface area contributed by atoms with Gasteiger partial charge in [0, 0.05) is 55.4 Å². The number of pyridine rings is 1. The van der Waals surface area contributed by atoms with Crippen molar-refractivity contribution in [2.24, 2.45) is 5.92 Å². The lowest BCUT2D eigenvalue weighted by atomic mass is 9.93. The first-order valence-corrected chi connectivity index (χ1v) is 11.4. The summed E-state index contributed by atoms with van der Waals surface area (Å²) in [5.41, 5.74) is 3.22. The van der Waals surface area contributed by atoms with Crippen LogP contribution in [0, 0.1) is 19.8 Å². The van der Waals surface area contributed by atoms with E-state index in [0.717, 1.165) is 55.0 Å². The molecule has 2 atom stereocenters. The molecule has 0 N–H and O–H groups in total. The fourth-order valence-corrected chi connectivity index (χ4v) is 4.81. The van der Waals surface area contributed by atoms with Crippen LogP contribution in [-0.4, -0.2) is 64.8 Å². The first-order valence-electron chi connectivity index (χ1n) is 11.4. The van der Waals surface area contributed by atoms with E-state index in [1.807, 2.05) is 18.3 Å². The van der Waals surface area contributed by atoms with Gasteiger partial charge in [0.2, 0.25) is 0 Å². The monoisotopic (exact) mass is 409 g/mol. The van der Waals surface area contributed by atoms with Crippen LogP contribution in [0.5, 0.6) is 0 Å². The van der Waals surface area contributed by atoms with Gasteiger partial charge in [0.05, 0.1) is 12.2 Å². The number of piperidine rings is 1. The van der Waals surface area contributed by atoms with Crippen molar-refractivity contribution < 1.29 is 4.74 Å². The second-order valence-electron chi connectivity index (χ2n) is 9.06. The third-order valence-corrected chi connectivity index (χ3v) is 6.55. The van der Waals surface area contributed by atoms with Crippen molar-refractivity contribution in [2.45, 2.75) is 59.2 Å². The molecule has 6 nitrogen and oxygen atoms in total. The molecule has 0 aromatic carbocycles. The molecule has 0 bridgehead atoms. The predicted molar refractivity (Wildman–Crippen MR) is 121 cm³/mol. The largest absolute Gasteiger partial charge is 0.373 e. The van der Waals surface area contributed by atoms with Crippen molar-refractivity contribution in [3.8, 4) is 11.4 Å². The number of ether oxygens (including phenoxy) is 1. The van der Waals surface area contributed by atoms with Crippen LogP contribution in [-0.2, 0) is 4.74 Å². The van der Waals surface area contributed by atoms with Crippen LogP contribution < -0.4 is 4.90 Å². The Hall–Kier alpha value is -2.05. The van der Waals surface area contributed by atoms with Gasteiger partial charge in [-0.1, -0.05) is 0 Å². The van der Waals surface area contributed by atoms with E-state index in [0.29, 0.717) is 12.2 Å². The van der Waals surface area contributed by atoms with E-state index in [4.69, 9.17) is 14.7 Å². The molecular weight excluding hydrogens is 374 g/mol. The molecule has 6 heteroatoms. The average Bonchev–Trinajstić information content (AvgIpc) is 2.74. The highest BCUT2D eigenvalue weighted by molar-refractivity contribution is 5.59. The van der Waals surface area contributed by atoms with Gasteiger partial charge in [0.1, 0.15) is 5.82 Å². The standard InChI is InChI=1S/C24H35N5O/c1-17-15-28(16-18(2)30-17)11-7-21-8-12-29(13-9-21)24-19(3)20(4)26-23(27-24)22-6-5-10-25-14-22/h5-6,10,14,17-18,21H,7-9,11-13,15-16H2,1-4H3. The van der Waals surface area contributed by atoms with E-state index in [1.54, 1.807) is 6.20 Å². The summed E-state index contributed by atoms with van der Waals surface area (Å²) < 4.78 is 5.87. The van der Waals surface area contributed by atoms with Crippen LogP contribution in [0.15, 0.2) is 24.5 Å². The first-order chi connectivity index (χ1) is 14.5. The zero-order valence-electron chi connectivity index (χ0n) is 18.8. The lowest BCUT2D eigenvalue weighted by molar-refractivity contribution is -0.0690. The Morgan fingerprint density at radius 3 is 2.47 bits per heavy atom. The number of hydrogen-bond acceptors (Lipinski definition) is 6. The molecule has 2 aromatic rings. The summed E-state index contributed by atoms with van der Waals surface area (Å²) in [7, 11) is 0. The van der Waals surface area contributed by atoms with Crippen LogP contribution in [0.25, 0.3) is 11.4 Å². The molecule has 2 unspecified atom stereocenters. The van der Waals surface area contributed by atoms with Crippen molar-refractivity contribution in [2.75, 3.05) is 37.6 Å². The van der Waals surface area contributed by atoms with Crippen molar-refractivity contribution >= 4 is 5.82 Å². The lowest BCUT2D eigenvalue weighted by Gasteiger charge is -2.37. The normalized spacial score (nSPS) is 23.7. The number of rotatable bonds is 5. The molecule has 4 rings (SSSR count). The summed E-state index contributed by atoms with van der Waals surface area (Å²) in [6.07, 6.45) is 8.10. The summed E-state index contributed by atoms with van der Waals surface area (Å²) in [6.45, 7) is 14.1. The molecule has 2 saturated heterocycles. The van der Waals surface area contributed by atoms with Gasteiger partial charge < -0.3 is 9.64 Å². The van der Waals surface area contributed by atoms with Crippen LogP contribution in [0.2, 0.25) is 0 Å². The van der Waals surface area contributed by atoms with Gasteiger partial charge >= 0.3 is 0 Å². The fraction of sp³-hybridized carbons (Fsp3) is 0.625. The third kappa shape index (κ3) is 4.98. The van der Waals surface area contributed by atoms with Crippen LogP contribution in [0.3, 0.4) is 0 Å². The van der Waals surface area contributed by atoms with Gasteiger partial charge in [-0.3, -0.25) is 9.88 Å². The molecular formula is C24H35N5O. The topological polar surface area (TPSA) is 54.4 Å². The van der Waals surface area contributed by atoms with Crippen LogP contribution in [0.4, 0.5) is 5.82 Å². The minimum absolute atomic E-state index is 0.355. The molecule has 0 amide bonds. The van der Waals surface area contributed by atoms with E-state index in [9.17, 15) is 0 Å². The first kappa shape index (κ1) is 21.2. The Balaban J connectivity index is 1.36. The van der Waals surface area contributed by atoms with Gasteiger partial charge in [-0.2, -0.15) is 0 Å². The number of aromatic nitrogens is 3. The van der Waals surface area contributed by atoms with Gasteiger partial charge in [-0.05, 0) is 71.6 Å². The molecule has 4 heterocycles. The minimum atomic E-state index is 0.355. The highest BCUT2D eigenvalue weighted by atomic mass is 16.5. The maximum Gasteiger partial charge on any atom is 0.163 e. The highest BCUT2D eigenvalue weighted by Gasteiger charge is 2.26.